The number of rotatable bonds is 7. The second kappa shape index (κ2) is 10.3. The molecule has 1 atom stereocenters. The highest BCUT2D eigenvalue weighted by Gasteiger charge is 2.27. The first-order chi connectivity index (χ1) is 15.5. The van der Waals surface area contributed by atoms with E-state index in [0.29, 0.717) is 6.04 Å². The fraction of sp³-hybridized carbons (Fsp3) is 0.560. The lowest BCUT2D eigenvalue weighted by Crippen LogP contribution is -2.42. The number of aromatic nitrogens is 2. The Balaban J connectivity index is 1.33. The van der Waals surface area contributed by atoms with Crippen LogP contribution >= 0.6 is 0 Å². The molecular formula is C25H35N5O2. The number of carbonyl (C=O) groups is 1. The van der Waals surface area contributed by atoms with Crippen LogP contribution in [0.25, 0.3) is 0 Å². The van der Waals surface area contributed by atoms with Crippen LogP contribution in [0.2, 0.25) is 0 Å². The number of aryl methyl sites for hydroxylation is 1. The van der Waals surface area contributed by atoms with E-state index in [1.54, 1.807) is 7.11 Å². The number of ether oxygens (including phenoxy) is 1. The molecule has 1 heterocycles. The van der Waals surface area contributed by atoms with Crippen LogP contribution in [-0.2, 0) is 22.4 Å². The van der Waals surface area contributed by atoms with Crippen molar-refractivity contribution in [3.05, 3.63) is 47.2 Å². The molecule has 0 aliphatic heterocycles. The van der Waals surface area contributed by atoms with Crippen molar-refractivity contribution >= 4 is 17.7 Å². The lowest BCUT2D eigenvalue weighted by molar-refractivity contribution is -0.132. The van der Waals surface area contributed by atoms with E-state index in [4.69, 9.17) is 14.7 Å². The molecule has 32 heavy (non-hydrogen) atoms. The average Bonchev–Trinajstić information content (AvgIpc) is 2.81. The Morgan fingerprint density at radius 2 is 1.72 bits per heavy atom. The Hall–Kier alpha value is -2.67. The topological polar surface area (TPSA) is 79.4 Å². The number of fused-ring (bicyclic) bond motifs is 1. The van der Waals surface area contributed by atoms with Gasteiger partial charge in [-0.05, 0) is 56.9 Å². The third kappa shape index (κ3) is 5.21. The summed E-state index contributed by atoms with van der Waals surface area (Å²) in [5.74, 6) is 1.72. The van der Waals surface area contributed by atoms with E-state index in [9.17, 15) is 4.79 Å². The molecule has 2 aliphatic rings. The van der Waals surface area contributed by atoms with Crippen LogP contribution < -0.4 is 15.5 Å². The van der Waals surface area contributed by atoms with Gasteiger partial charge in [-0.25, -0.2) is 4.98 Å². The van der Waals surface area contributed by atoms with Crippen LogP contribution in [0.3, 0.4) is 0 Å². The maximum Gasteiger partial charge on any atom is 0.253 e. The fourth-order valence-electron chi connectivity index (χ4n) is 4.87. The first-order valence-corrected chi connectivity index (χ1v) is 11.8. The minimum Gasteiger partial charge on any atom is -0.367 e. The lowest BCUT2D eigenvalue weighted by Gasteiger charge is -2.31. The molecule has 7 nitrogen and oxygen atoms in total. The van der Waals surface area contributed by atoms with Crippen molar-refractivity contribution in [2.75, 3.05) is 31.4 Å². The number of nitrogens with one attached hydrogen (secondary N) is 2. The highest BCUT2D eigenvalue weighted by Crippen LogP contribution is 2.29. The number of carbonyl (C=O) groups excluding carboxylic acids is 1. The molecule has 1 saturated carbocycles. The maximum absolute atomic E-state index is 12.8. The van der Waals surface area contributed by atoms with Gasteiger partial charge in [0, 0.05) is 38.9 Å². The zero-order valence-electron chi connectivity index (χ0n) is 19.4. The summed E-state index contributed by atoms with van der Waals surface area (Å²) >= 11 is 0. The van der Waals surface area contributed by atoms with Gasteiger partial charge in [-0.1, -0.05) is 30.3 Å². The van der Waals surface area contributed by atoms with Crippen LogP contribution in [-0.4, -0.2) is 49.2 Å². The Kier molecular flexibility index (Phi) is 7.25. The maximum atomic E-state index is 12.8. The molecular weight excluding hydrogens is 402 g/mol. The summed E-state index contributed by atoms with van der Waals surface area (Å²) in [6.45, 7) is 0. The van der Waals surface area contributed by atoms with Gasteiger partial charge in [-0.2, -0.15) is 4.98 Å². The third-order valence-corrected chi connectivity index (χ3v) is 6.57. The zero-order chi connectivity index (χ0) is 22.5. The highest BCUT2D eigenvalue weighted by atomic mass is 16.5. The van der Waals surface area contributed by atoms with E-state index in [1.165, 1.54) is 24.1 Å². The summed E-state index contributed by atoms with van der Waals surface area (Å²) in [6.07, 6.45) is 7.77. The van der Waals surface area contributed by atoms with Crippen molar-refractivity contribution in [3.8, 4) is 0 Å². The van der Waals surface area contributed by atoms with Crippen molar-refractivity contribution < 1.29 is 9.53 Å². The van der Waals surface area contributed by atoms with Crippen LogP contribution in [0.5, 0.6) is 0 Å². The number of benzene rings is 1. The zero-order valence-corrected chi connectivity index (χ0v) is 19.4. The van der Waals surface area contributed by atoms with Gasteiger partial charge in [0.1, 0.15) is 5.82 Å². The first kappa shape index (κ1) is 22.5. The Morgan fingerprint density at radius 1 is 1.03 bits per heavy atom. The predicted molar refractivity (Wildman–Crippen MR) is 127 cm³/mol. The molecule has 2 aliphatic carbocycles. The molecule has 0 saturated heterocycles. The molecule has 1 fully saturated rings. The van der Waals surface area contributed by atoms with Crippen LogP contribution in [0.4, 0.5) is 11.8 Å². The molecule has 0 spiro atoms. The molecule has 1 aromatic carbocycles. The molecule has 1 amide bonds. The molecule has 0 radical (unpaired) electrons. The van der Waals surface area contributed by atoms with E-state index >= 15 is 0 Å². The monoisotopic (exact) mass is 437 g/mol. The number of amides is 1. The summed E-state index contributed by atoms with van der Waals surface area (Å²) in [6, 6.07) is 10.1. The first-order valence-electron chi connectivity index (χ1n) is 11.8. The molecule has 172 valence electrons. The van der Waals surface area contributed by atoms with E-state index in [1.807, 2.05) is 30.3 Å². The Labute approximate surface area is 191 Å². The standard InChI is InChI=1S/C25H35N5O2/c1-30(2)23-20-11-7-8-12-21(20)28-25(29-23)27-19-15-13-18(14-16-19)26-24(31)22(32-3)17-9-5-4-6-10-17/h4-6,9-10,18-19,22H,7-8,11-16H2,1-3H3,(H,26,31)(H,27,28,29)/t18-,19+,22?. The van der Waals surface area contributed by atoms with Crippen LogP contribution in [0.15, 0.2) is 30.3 Å². The van der Waals surface area contributed by atoms with Crippen molar-refractivity contribution in [1.29, 1.82) is 0 Å². The van der Waals surface area contributed by atoms with Gasteiger partial charge in [0.05, 0.1) is 5.69 Å². The van der Waals surface area contributed by atoms with Gasteiger partial charge >= 0.3 is 0 Å². The van der Waals surface area contributed by atoms with Crippen molar-refractivity contribution in [3.63, 3.8) is 0 Å². The molecule has 2 aromatic rings. The Bertz CT molecular complexity index is 910. The molecule has 1 unspecified atom stereocenters. The SMILES string of the molecule is COC(C(=O)N[C@H]1CC[C@@H](Nc2nc3c(c(N(C)C)n2)CCCC3)CC1)c1ccccc1. The largest absolute Gasteiger partial charge is 0.367 e. The summed E-state index contributed by atoms with van der Waals surface area (Å²) < 4.78 is 5.47. The summed E-state index contributed by atoms with van der Waals surface area (Å²) in [7, 11) is 5.69. The van der Waals surface area contributed by atoms with Gasteiger partial charge in [0.2, 0.25) is 5.95 Å². The molecule has 1 aromatic heterocycles. The number of nitrogens with zero attached hydrogens (tertiary/aromatic N) is 3. The summed E-state index contributed by atoms with van der Waals surface area (Å²) in [5, 5.41) is 6.76. The van der Waals surface area contributed by atoms with E-state index in [2.05, 4.69) is 29.6 Å². The van der Waals surface area contributed by atoms with E-state index in [-0.39, 0.29) is 11.9 Å². The number of hydrogen-bond acceptors (Lipinski definition) is 6. The smallest absolute Gasteiger partial charge is 0.253 e. The molecule has 7 heteroatoms. The molecule has 4 rings (SSSR count). The number of methoxy groups -OCH3 is 1. The Morgan fingerprint density at radius 3 is 2.41 bits per heavy atom. The minimum absolute atomic E-state index is 0.0660. The third-order valence-electron chi connectivity index (χ3n) is 6.57. The molecule has 2 N–H and O–H groups in total. The lowest BCUT2D eigenvalue weighted by atomic mass is 9.91. The number of hydrogen-bond donors (Lipinski definition) is 2. The van der Waals surface area contributed by atoms with E-state index in [0.717, 1.165) is 55.9 Å². The fourth-order valence-corrected chi connectivity index (χ4v) is 4.87. The minimum atomic E-state index is -0.569. The van der Waals surface area contributed by atoms with Gasteiger partial charge in [0.25, 0.3) is 5.91 Å². The predicted octanol–water partition coefficient (Wildman–Crippen LogP) is 3.65. The van der Waals surface area contributed by atoms with Gasteiger partial charge < -0.3 is 20.3 Å². The van der Waals surface area contributed by atoms with Crippen molar-refractivity contribution in [1.82, 2.24) is 15.3 Å². The second-order valence-electron chi connectivity index (χ2n) is 9.13. The molecule has 0 bridgehead atoms. The quantitative estimate of drug-likeness (QED) is 0.688. The van der Waals surface area contributed by atoms with Crippen LogP contribution in [0.1, 0.15) is 61.4 Å². The van der Waals surface area contributed by atoms with Crippen molar-refractivity contribution in [2.24, 2.45) is 0 Å². The summed E-state index contributed by atoms with van der Waals surface area (Å²) in [4.78, 5) is 24.6. The average molecular weight is 438 g/mol. The van der Waals surface area contributed by atoms with Gasteiger partial charge in [0.15, 0.2) is 6.10 Å². The van der Waals surface area contributed by atoms with E-state index < -0.39 is 6.10 Å². The van der Waals surface area contributed by atoms with Gasteiger partial charge in [-0.15, -0.1) is 0 Å². The highest BCUT2D eigenvalue weighted by molar-refractivity contribution is 5.82. The second-order valence-corrected chi connectivity index (χ2v) is 9.13. The number of anilines is 2. The summed E-state index contributed by atoms with van der Waals surface area (Å²) in [5.41, 5.74) is 3.39. The van der Waals surface area contributed by atoms with Gasteiger partial charge in [-0.3, -0.25) is 4.79 Å². The normalized spacial score (nSPS) is 21.3. The van der Waals surface area contributed by atoms with Crippen molar-refractivity contribution in [2.45, 2.75) is 69.6 Å². The van der Waals surface area contributed by atoms with Crippen LogP contribution in [0, 0.1) is 0 Å².